The molecule has 0 saturated heterocycles. The Morgan fingerprint density at radius 3 is 2.61 bits per heavy atom. The summed E-state index contributed by atoms with van der Waals surface area (Å²) < 4.78 is 4.40. The fourth-order valence-electron chi connectivity index (χ4n) is 2.73. The molecular weight excluding hydrogens is 403 g/mol. The van der Waals surface area contributed by atoms with Gasteiger partial charge in [-0.2, -0.15) is 0 Å². The van der Waals surface area contributed by atoms with Gasteiger partial charge in [-0.3, -0.25) is 0 Å². The number of halogens is 1. The summed E-state index contributed by atoms with van der Waals surface area (Å²) in [4.78, 5) is 11.7. The molecule has 2 aromatic heterocycles. The van der Waals surface area contributed by atoms with Crippen LogP contribution in [0.1, 0.15) is 26.5 Å². The van der Waals surface area contributed by atoms with Crippen molar-refractivity contribution in [2.24, 2.45) is 0 Å². The SMILES string of the molecule is CCI(C)c1nc2c(N)nc3ccccc3n2c1CC(C)(C)O. The van der Waals surface area contributed by atoms with Crippen molar-refractivity contribution in [2.75, 3.05) is 15.1 Å². The number of hydrogen-bond donors (Lipinski definition) is 2. The third-order valence-electron chi connectivity index (χ3n) is 3.82. The first-order valence-electron chi connectivity index (χ1n) is 7.65. The number of aromatic nitrogens is 3. The molecule has 0 radical (unpaired) electrons. The van der Waals surface area contributed by atoms with E-state index in [1.54, 1.807) is 0 Å². The van der Waals surface area contributed by atoms with Crippen LogP contribution in [-0.4, -0.2) is 34.4 Å². The molecule has 3 N–H and O–H groups in total. The zero-order valence-electron chi connectivity index (χ0n) is 14.0. The van der Waals surface area contributed by atoms with Gasteiger partial charge in [0.1, 0.15) is 0 Å². The summed E-state index contributed by atoms with van der Waals surface area (Å²) in [6.07, 6.45) is 0.554. The summed E-state index contributed by atoms with van der Waals surface area (Å²) in [6, 6.07) is 7.95. The van der Waals surface area contributed by atoms with Gasteiger partial charge in [-0.1, -0.05) is 0 Å². The fourth-order valence-corrected chi connectivity index (χ4v) is 5.59. The second-order valence-corrected chi connectivity index (χ2v) is 12.3. The molecule has 1 aromatic carbocycles. The van der Waals surface area contributed by atoms with E-state index in [1.165, 1.54) is 0 Å². The van der Waals surface area contributed by atoms with Crippen molar-refractivity contribution < 1.29 is 5.11 Å². The first kappa shape index (κ1) is 16.4. The van der Waals surface area contributed by atoms with E-state index in [9.17, 15) is 5.11 Å². The van der Waals surface area contributed by atoms with Crippen molar-refractivity contribution >= 4 is 42.3 Å². The Balaban J connectivity index is 2.42. The number of anilines is 1. The van der Waals surface area contributed by atoms with Crippen LogP contribution in [0.5, 0.6) is 0 Å². The molecule has 2 heterocycles. The Kier molecular flexibility index (Phi) is 4.22. The summed E-state index contributed by atoms with van der Waals surface area (Å²) in [5.41, 5.74) is 9.03. The van der Waals surface area contributed by atoms with Gasteiger partial charge in [-0.05, 0) is 0 Å². The van der Waals surface area contributed by atoms with E-state index in [-0.39, 0.29) is 0 Å². The molecule has 0 unspecified atom stereocenters. The monoisotopic (exact) mass is 426 g/mol. The summed E-state index contributed by atoms with van der Waals surface area (Å²) in [5.74, 6) is 0.451. The second-order valence-electron chi connectivity index (χ2n) is 6.34. The van der Waals surface area contributed by atoms with Crippen molar-refractivity contribution in [1.82, 2.24) is 14.4 Å². The first-order valence-corrected chi connectivity index (χ1v) is 12.4. The van der Waals surface area contributed by atoms with Gasteiger partial charge in [0, 0.05) is 0 Å². The number of hydrogen-bond acceptors (Lipinski definition) is 4. The van der Waals surface area contributed by atoms with Crippen molar-refractivity contribution in [1.29, 1.82) is 0 Å². The predicted molar refractivity (Wildman–Crippen MR) is 104 cm³/mol. The quantitative estimate of drug-likeness (QED) is 0.497. The standard InChI is InChI=1S/C17H23IN4O/c1-5-18(4)14-13(10-17(2,3)23)22-12-9-7-6-8-11(12)20-15(19)16(22)21-14/h6-9,23H,5,10H2,1-4H3,(H2,19,20). The van der Waals surface area contributed by atoms with Crippen LogP contribution in [-0.2, 0) is 6.42 Å². The average Bonchev–Trinajstić information content (AvgIpc) is 2.85. The van der Waals surface area contributed by atoms with E-state index >= 15 is 0 Å². The molecule has 3 rings (SSSR count). The minimum atomic E-state index is -1.36. The van der Waals surface area contributed by atoms with Gasteiger partial charge in [0.25, 0.3) is 0 Å². The van der Waals surface area contributed by atoms with Crippen LogP contribution in [0.2, 0.25) is 0 Å². The van der Waals surface area contributed by atoms with Gasteiger partial charge in [-0.25, -0.2) is 0 Å². The van der Waals surface area contributed by atoms with Gasteiger partial charge >= 0.3 is 143 Å². The van der Waals surface area contributed by atoms with Crippen LogP contribution in [0.25, 0.3) is 16.7 Å². The number of fused-ring (bicyclic) bond motifs is 3. The third-order valence-corrected chi connectivity index (χ3v) is 8.72. The van der Waals surface area contributed by atoms with Crippen LogP contribution >= 0.6 is 19.8 Å². The molecule has 0 aliphatic carbocycles. The number of rotatable bonds is 4. The summed E-state index contributed by atoms with van der Waals surface area (Å²) in [6.45, 7) is 5.88. The Morgan fingerprint density at radius 1 is 1.26 bits per heavy atom. The number of aliphatic hydroxyl groups is 1. The fraction of sp³-hybridized carbons (Fsp3) is 0.412. The van der Waals surface area contributed by atoms with Crippen molar-refractivity contribution in [3.05, 3.63) is 33.7 Å². The number of para-hydroxylation sites is 2. The molecule has 0 aliphatic rings. The maximum absolute atomic E-state index is 10.4. The minimum absolute atomic E-state index is 0.451. The van der Waals surface area contributed by atoms with Gasteiger partial charge in [0.2, 0.25) is 0 Å². The summed E-state index contributed by atoms with van der Waals surface area (Å²) >= 11 is -1.36. The molecule has 0 spiro atoms. The number of benzene rings is 1. The number of nitrogen functional groups attached to an aromatic ring is 1. The Hall–Kier alpha value is -1.41. The molecule has 3 aromatic rings. The normalized spacial score (nSPS) is 13.0. The molecular formula is C17H23IN4O. The number of nitrogens with two attached hydrogens (primary N) is 1. The zero-order valence-corrected chi connectivity index (χ0v) is 16.1. The van der Waals surface area contributed by atoms with E-state index in [2.05, 4.69) is 21.2 Å². The molecule has 6 heteroatoms. The number of imidazole rings is 1. The Morgan fingerprint density at radius 2 is 1.96 bits per heavy atom. The molecule has 5 nitrogen and oxygen atoms in total. The van der Waals surface area contributed by atoms with Gasteiger partial charge in [0.15, 0.2) is 0 Å². The molecule has 0 fully saturated rings. The molecule has 0 atom stereocenters. The third kappa shape index (κ3) is 3.01. The van der Waals surface area contributed by atoms with Gasteiger partial charge < -0.3 is 0 Å². The summed E-state index contributed by atoms with van der Waals surface area (Å²) in [5, 5.41) is 10.4. The molecule has 23 heavy (non-hydrogen) atoms. The van der Waals surface area contributed by atoms with Crippen molar-refractivity contribution in [3.63, 3.8) is 0 Å². The van der Waals surface area contributed by atoms with Gasteiger partial charge in [0.05, 0.1) is 0 Å². The second kappa shape index (κ2) is 5.90. The topological polar surface area (TPSA) is 76.4 Å². The first-order chi connectivity index (χ1) is 10.8. The Bertz CT molecular complexity index is 866. The summed E-state index contributed by atoms with van der Waals surface area (Å²) in [7, 11) is 0. The maximum atomic E-state index is 10.4. The molecule has 124 valence electrons. The van der Waals surface area contributed by atoms with E-state index in [4.69, 9.17) is 10.7 Å². The molecule has 0 saturated carbocycles. The van der Waals surface area contributed by atoms with Gasteiger partial charge in [-0.15, -0.1) is 0 Å². The van der Waals surface area contributed by atoms with Crippen LogP contribution in [0, 0.1) is 3.70 Å². The van der Waals surface area contributed by atoms with E-state index < -0.39 is 25.4 Å². The van der Waals surface area contributed by atoms with Crippen LogP contribution < -0.4 is 5.73 Å². The average molecular weight is 426 g/mol. The van der Waals surface area contributed by atoms with E-state index in [0.717, 1.165) is 30.5 Å². The van der Waals surface area contributed by atoms with Crippen LogP contribution in [0.3, 0.4) is 0 Å². The molecule has 0 bridgehead atoms. The Labute approximate surface area is 143 Å². The van der Waals surface area contributed by atoms with Crippen molar-refractivity contribution in [2.45, 2.75) is 32.8 Å². The van der Waals surface area contributed by atoms with Crippen LogP contribution in [0.15, 0.2) is 24.3 Å². The van der Waals surface area contributed by atoms with E-state index in [0.29, 0.717) is 12.2 Å². The van der Waals surface area contributed by atoms with Crippen molar-refractivity contribution in [3.8, 4) is 0 Å². The van der Waals surface area contributed by atoms with Crippen LogP contribution in [0.4, 0.5) is 5.82 Å². The van der Waals surface area contributed by atoms with E-state index in [1.807, 2.05) is 38.1 Å². The number of alkyl halides is 2. The predicted octanol–water partition coefficient (Wildman–Crippen LogP) is 3.10. The molecule has 0 amide bonds. The number of nitrogens with zero attached hydrogens (tertiary/aromatic N) is 3. The molecule has 0 aliphatic heterocycles. The zero-order chi connectivity index (χ0) is 16.8.